The van der Waals surface area contributed by atoms with Crippen LogP contribution in [-0.4, -0.2) is 38.7 Å². The molecule has 2 aromatic rings. The highest BCUT2D eigenvalue weighted by Crippen LogP contribution is 2.37. The highest BCUT2D eigenvalue weighted by molar-refractivity contribution is 9.10. The van der Waals surface area contributed by atoms with E-state index in [0.717, 1.165) is 44.0 Å². The van der Waals surface area contributed by atoms with Crippen LogP contribution < -0.4 is 9.21 Å². The Bertz CT molecular complexity index is 956. The Kier molecular flexibility index (Phi) is 4.67. The van der Waals surface area contributed by atoms with Crippen molar-refractivity contribution >= 4 is 54.0 Å². The van der Waals surface area contributed by atoms with Crippen molar-refractivity contribution in [1.82, 2.24) is 4.98 Å². The van der Waals surface area contributed by atoms with E-state index < -0.39 is 10.0 Å². The smallest absolute Gasteiger partial charge is 0.270 e. The fourth-order valence-corrected chi connectivity index (χ4v) is 5.00. The fraction of sp³-hybridized carbons (Fsp3) is 0.375. The molecule has 25 heavy (non-hydrogen) atoms. The highest BCUT2D eigenvalue weighted by Gasteiger charge is 2.34. The fourth-order valence-electron chi connectivity index (χ4n) is 2.88. The molecule has 0 radical (unpaired) electrons. The molecule has 2 heterocycles. The minimum Gasteiger partial charge on any atom is -0.304 e. The summed E-state index contributed by atoms with van der Waals surface area (Å²) in [5.74, 6) is -0.142. The molecule has 3 rings (SSSR count). The largest absolute Gasteiger partial charge is 0.304 e. The SMILES string of the molecule is Cc1nc(N(C)S(C)(=O)=O)sc1C(=O)N1c2ccc(Br)cc2C[C@@H]1C. The van der Waals surface area contributed by atoms with E-state index in [-0.39, 0.29) is 11.9 Å². The van der Waals surface area contributed by atoms with Gasteiger partial charge in [-0.3, -0.25) is 4.79 Å². The van der Waals surface area contributed by atoms with E-state index in [1.165, 1.54) is 7.05 Å². The van der Waals surface area contributed by atoms with Crippen LogP contribution in [0.25, 0.3) is 0 Å². The lowest BCUT2D eigenvalue weighted by atomic mass is 10.1. The number of rotatable bonds is 3. The maximum atomic E-state index is 13.1. The van der Waals surface area contributed by atoms with Gasteiger partial charge in [0.25, 0.3) is 5.91 Å². The van der Waals surface area contributed by atoms with Crippen LogP contribution in [0, 0.1) is 6.92 Å². The topological polar surface area (TPSA) is 70.6 Å². The number of thiazole rings is 1. The van der Waals surface area contributed by atoms with Crippen LogP contribution in [0.2, 0.25) is 0 Å². The van der Waals surface area contributed by atoms with Crippen molar-refractivity contribution in [2.45, 2.75) is 26.3 Å². The third kappa shape index (κ3) is 3.32. The van der Waals surface area contributed by atoms with Crippen molar-refractivity contribution in [2.75, 3.05) is 22.5 Å². The number of aromatic nitrogens is 1. The van der Waals surface area contributed by atoms with Crippen LogP contribution in [0.15, 0.2) is 22.7 Å². The number of halogens is 1. The normalized spacial score (nSPS) is 16.8. The lowest BCUT2D eigenvalue weighted by molar-refractivity contribution is 0.0984. The standard InChI is InChI=1S/C16H18BrN3O3S2/c1-9-7-11-8-12(17)5-6-13(11)20(9)15(21)14-10(2)18-16(24-14)19(3)25(4,22)23/h5-6,8-9H,7H2,1-4H3/t9-/m0/s1. The van der Waals surface area contributed by atoms with Gasteiger partial charge in [-0.25, -0.2) is 17.7 Å². The Morgan fingerprint density at radius 2 is 2.12 bits per heavy atom. The van der Waals surface area contributed by atoms with Crippen LogP contribution in [0.1, 0.15) is 27.9 Å². The van der Waals surface area contributed by atoms with E-state index in [9.17, 15) is 13.2 Å². The summed E-state index contributed by atoms with van der Waals surface area (Å²) in [5, 5.41) is 0.297. The molecule has 0 bridgehead atoms. The monoisotopic (exact) mass is 443 g/mol. The average Bonchev–Trinajstić information content (AvgIpc) is 3.04. The molecule has 1 amide bonds. The molecule has 0 aliphatic carbocycles. The van der Waals surface area contributed by atoms with Crippen LogP contribution in [0.4, 0.5) is 10.8 Å². The molecule has 134 valence electrons. The predicted octanol–water partition coefficient (Wildman–Crippen LogP) is 3.20. The number of hydrogen-bond donors (Lipinski definition) is 0. The lowest BCUT2D eigenvalue weighted by Crippen LogP contribution is -2.35. The van der Waals surface area contributed by atoms with Gasteiger partial charge in [0, 0.05) is 23.2 Å². The molecule has 0 saturated heterocycles. The summed E-state index contributed by atoms with van der Waals surface area (Å²) >= 11 is 4.57. The van der Waals surface area contributed by atoms with Crippen molar-refractivity contribution in [3.05, 3.63) is 38.8 Å². The predicted molar refractivity (Wildman–Crippen MR) is 104 cm³/mol. The van der Waals surface area contributed by atoms with Gasteiger partial charge in [0.15, 0.2) is 5.13 Å². The molecule has 1 aromatic heterocycles. The van der Waals surface area contributed by atoms with Gasteiger partial charge in [-0.2, -0.15) is 0 Å². The summed E-state index contributed by atoms with van der Waals surface area (Å²) < 4.78 is 25.5. The van der Waals surface area contributed by atoms with E-state index in [2.05, 4.69) is 20.9 Å². The van der Waals surface area contributed by atoms with Crippen molar-refractivity contribution in [3.63, 3.8) is 0 Å². The third-order valence-corrected chi connectivity index (χ3v) is 7.22. The van der Waals surface area contributed by atoms with Crippen LogP contribution in [0.5, 0.6) is 0 Å². The Morgan fingerprint density at radius 3 is 2.76 bits per heavy atom. The molecular weight excluding hydrogens is 426 g/mol. The van der Waals surface area contributed by atoms with Gasteiger partial charge in [0.2, 0.25) is 10.0 Å². The Balaban J connectivity index is 1.99. The summed E-state index contributed by atoms with van der Waals surface area (Å²) in [6.07, 6.45) is 1.90. The lowest BCUT2D eigenvalue weighted by Gasteiger charge is -2.22. The summed E-state index contributed by atoms with van der Waals surface area (Å²) in [5.41, 5.74) is 2.55. The van der Waals surface area contributed by atoms with Gasteiger partial charge >= 0.3 is 0 Å². The van der Waals surface area contributed by atoms with E-state index in [0.29, 0.717) is 15.7 Å². The molecule has 1 aliphatic rings. The van der Waals surface area contributed by atoms with Gasteiger partial charge in [-0.15, -0.1) is 0 Å². The molecule has 6 nitrogen and oxygen atoms in total. The summed E-state index contributed by atoms with van der Waals surface area (Å²) in [7, 11) is -1.98. The highest BCUT2D eigenvalue weighted by atomic mass is 79.9. The Morgan fingerprint density at radius 1 is 1.44 bits per heavy atom. The second-order valence-corrected chi connectivity index (χ2v) is 10.0. The molecule has 0 unspecified atom stereocenters. The maximum absolute atomic E-state index is 13.1. The van der Waals surface area contributed by atoms with Crippen molar-refractivity contribution < 1.29 is 13.2 Å². The zero-order chi connectivity index (χ0) is 18.5. The first-order chi connectivity index (χ1) is 11.6. The van der Waals surface area contributed by atoms with E-state index >= 15 is 0 Å². The number of anilines is 2. The minimum atomic E-state index is -3.42. The van der Waals surface area contributed by atoms with Crippen LogP contribution in [0.3, 0.4) is 0 Å². The zero-order valence-electron chi connectivity index (χ0n) is 14.3. The molecule has 0 saturated carbocycles. The van der Waals surface area contributed by atoms with E-state index in [4.69, 9.17) is 0 Å². The van der Waals surface area contributed by atoms with Crippen molar-refractivity contribution in [3.8, 4) is 0 Å². The molecule has 9 heteroatoms. The number of amides is 1. The number of fused-ring (bicyclic) bond motifs is 1. The third-order valence-electron chi connectivity index (χ3n) is 4.22. The average molecular weight is 444 g/mol. The van der Waals surface area contributed by atoms with E-state index in [1.807, 2.05) is 25.1 Å². The number of carbonyl (C=O) groups is 1. The molecule has 1 aliphatic heterocycles. The molecule has 0 spiro atoms. The number of nitrogens with zero attached hydrogens (tertiary/aromatic N) is 3. The number of benzene rings is 1. The number of hydrogen-bond acceptors (Lipinski definition) is 5. The molecular formula is C16H18BrN3O3S2. The van der Waals surface area contributed by atoms with Crippen LogP contribution >= 0.6 is 27.3 Å². The molecule has 1 aromatic carbocycles. The Labute approximate surface area is 159 Å². The molecule has 0 N–H and O–H groups in total. The summed E-state index contributed by atoms with van der Waals surface area (Å²) in [4.78, 5) is 19.6. The van der Waals surface area contributed by atoms with Gasteiger partial charge in [0.05, 0.1) is 11.9 Å². The second kappa shape index (κ2) is 6.37. The first-order valence-corrected chi connectivity index (χ1v) is 11.1. The number of sulfonamides is 1. The quantitative estimate of drug-likeness (QED) is 0.729. The second-order valence-electron chi connectivity index (χ2n) is 6.14. The molecule has 0 fully saturated rings. The maximum Gasteiger partial charge on any atom is 0.270 e. The van der Waals surface area contributed by atoms with Crippen LogP contribution in [-0.2, 0) is 16.4 Å². The first kappa shape index (κ1) is 18.3. The molecule has 1 atom stereocenters. The first-order valence-electron chi connectivity index (χ1n) is 7.63. The number of aryl methyl sites for hydroxylation is 1. The van der Waals surface area contributed by atoms with Gasteiger partial charge in [-0.1, -0.05) is 27.3 Å². The van der Waals surface area contributed by atoms with E-state index in [1.54, 1.807) is 11.8 Å². The van der Waals surface area contributed by atoms with Crippen molar-refractivity contribution in [1.29, 1.82) is 0 Å². The number of carbonyl (C=O) groups excluding carboxylic acids is 1. The minimum absolute atomic E-state index is 0.0365. The van der Waals surface area contributed by atoms with Crippen molar-refractivity contribution in [2.24, 2.45) is 0 Å². The Hall–Kier alpha value is -1.45. The van der Waals surface area contributed by atoms with Gasteiger partial charge < -0.3 is 4.90 Å². The summed E-state index contributed by atoms with van der Waals surface area (Å²) in [6.45, 7) is 3.73. The van der Waals surface area contributed by atoms with Gasteiger partial charge in [-0.05, 0) is 44.0 Å². The van der Waals surface area contributed by atoms with Gasteiger partial charge in [0.1, 0.15) is 4.88 Å². The zero-order valence-corrected chi connectivity index (χ0v) is 17.5. The summed E-state index contributed by atoms with van der Waals surface area (Å²) in [6, 6.07) is 5.91.